The fraction of sp³-hybridized carbons (Fsp3) is 0.240. The van der Waals surface area contributed by atoms with E-state index in [0.717, 1.165) is 12.5 Å². The summed E-state index contributed by atoms with van der Waals surface area (Å²) in [7, 11) is 0. The Balaban J connectivity index is 1.77. The molecule has 5 nitrogen and oxygen atoms in total. The molecule has 0 unspecified atom stereocenters. The summed E-state index contributed by atoms with van der Waals surface area (Å²) in [4.78, 5) is 30.0. The molecule has 3 aromatic rings. The molecule has 0 saturated heterocycles. The number of carbonyl (C=O) groups excluding carboxylic acids is 2. The maximum Gasteiger partial charge on any atom is 0.274 e. The lowest BCUT2D eigenvalue weighted by molar-refractivity contribution is -0.116. The molecule has 0 bridgehead atoms. The molecule has 0 fully saturated rings. The summed E-state index contributed by atoms with van der Waals surface area (Å²) in [5, 5.41) is 2.97. The highest BCUT2D eigenvalue weighted by molar-refractivity contribution is 6.34. The van der Waals surface area contributed by atoms with Gasteiger partial charge in [-0.05, 0) is 47.7 Å². The molecule has 1 aromatic heterocycles. The Hall–Kier alpha value is -3.25. The molecule has 32 heavy (non-hydrogen) atoms. The van der Waals surface area contributed by atoms with E-state index in [-0.39, 0.29) is 17.0 Å². The predicted octanol–water partition coefficient (Wildman–Crippen LogP) is 5.75. The van der Waals surface area contributed by atoms with E-state index < -0.39 is 11.9 Å². The fourth-order valence-electron chi connectivity index (χ4n) is 3.53. The highest BCUT2D eigenvalue weighted by atomic mass is 35.5. The lowest BCUT2D eigenvalue weighted by Crippen LogP contribution is -2.39. The van der Waals surface area contributed by atoms with Gasteiger partial charge in [0, 0.05) is 19.2 Å². The van der Waals surface area contributed by atoms with Crippen LogP contribution in [0.2, 0.25) is 5.02 Å². The van der Waals surface area contributed by atoms with Crippen LogP contribution in [0.25, 0.3) is 0 Å². The van der Waals surface area contributed by atoms with E-state index in [1.54, 1.807) is 23.1 Å². The van der Waals surface area contributed by atoms with Crippen LogP contribution in [0.1, 0.15) is 36.8 Å². The monoisotopic (exact) mass is 453 g/mol. The van der Waals surface area contributed by atoms with Crippen LogP contribution >= 0.6 is 11.6 Å². The molecule has 7 heteroatoms. The summed E-state index contributed by atoms with van der Waals surface area (Å²) in [6.07, 6.45) is 0.796. The van der Waals surface area contributed by atoms with Gasteiger partial charge in [-0.2, -0.15) is 4.39 Å². The minimum atomic E-state index is -0.735. The van der Waals surface area contributed by atoms with E-state index >= 15 is 0 Å². The summed E-state index contributed by atoms with van der Waals surface area (Å²) in [5.74, 6) is -1.42. The number of hydrogen-bond acceptors (Lipinski definition) is 3. The lowest BCUT2D eigenvalue weighted by atomic mass is 9.85. The van der Waals surface area contributed by atoms with E-state index in [9.17, 15) is 14.0 Å². The first kappa shape index (κ1) is 23.4. The third-order valence-corrected chi connectivity index (χ3v) is 5.24. The standard InChI is InChI=1S/C25H25ClFN3O2/c1-17(31)30(16-25(2,3)15-18-8-5-4-6-9-18)22-13-12-19(14-20(22)26)28-24(32)21-10-7-11-23(27)29-21/h4-14H,15-16H2,1-3H3,(H,28,32). The number of pyridine rings is 1. The molecule has 0 aliphatic rings. The third kappa shape index (κ3) is 6.14. The molecule has 0 atom stereocenters. The Kier molecular flexibility index (Phi) is 7.26. The third-order valence-electron chi connectivity index (χ3n) is 4.94. The van der Waals surface area contributed by atoms with Gasteiger partial charge in [-0.15, -0.1) is 0 Å². The summed E-state index contributed by atoms with van der Waals surface area (Å²) in [6, 6.07) is 19.0. The minimum absolute atomic E-state index is 0.0433. The zero-order valence-corrected chi connectivity index (χ0v) is 19.0. The number of carbonyl (C=O) groups is 2. The summed E-state index contributed by atoms with van der Waals surface area (Å²) in [6.45, 7) is 6.17. The highest BCUT2D eigenvalue weighted by Gasteiger charge is 2.26. The zero-order chi connectivity index (χ0) is 23.3. The van der Waals surface area contributed by atoms with Crippen molar-refractivity contribution in [2.75, 3.05) is 16.8 Å². The van der Waals surface area contributed by atoms with Gasteiger partial charge in [-0.3, -0.25) is 9.59 Å². The second-order valence-electron chi connectivity index (χ2n) is 8.40. The topological polar surface area (TPSA) is 62.3 Å². The van der Waals surface area contributed by atoms with E-state index in [2.05, 4.69) is 36.3 Å². The molecule has 1 N–H and O–H groups in total. The van der Waals surface area contributed by atoms with Gasteiger partial charge < -0.3 is 10.2 Å². The van der Waals surface area contributed by atoms with Crippen molar-refractivity contribution in [1.82, 2.24) is 4.98 Å². The number of nitrogens with zero attached hydrogens (tertiary/aromatic N) is 2. The van der Waals surface area contributed by atoms with Crippen molar-refractivity contribution in [1.29, 1.82) is 0 Å². The van der Waals surface area contributed by atoms with Crippen LogP contribution in [0.3, 0.4) is 0 Å². The number of rotatable bonds is 7. The van der Waals surface area contributed by atoms with Gasteiger partial charge >= 0.3 is 0 Å². The molecule has 0 saturated carbocycles. The first-order valence-corrected chi connectivity index (χ1v) is 10.6. The normalized spacial score (nSPS) is 11.2. The van der Waals surface area contributed by atoms with E-state index in [1.165, 1.54) is 24.6 Å². The van der Waals surface area contributed by atoms with Crippen LogP contribution in [0.4, 0.5) is 15.8 Å². The van der Waals surface area contributed by atoms with Crippen molar-refractivity contribution >= 4 is 34.8 Å². The Labute approximate surface area is 192 Å². The molecule has 2 aromatic carbocycles. The number of nitrogens with one attached hydrogen (secondary N) is 1. The Morgan fingerprint density at radius 1 is 1.06 bits per heavy atom. The average molecular weight is 454 g/mol. The number of halogens is 2. The molecule has 2 amide bonds. The van der Waals surface area contributed by atoms with Crippen LogP contribution < -0.4 is 10.2 Å². The predicted molar refractivity (Wildman–Crippen MR) is 126 cm³/mol. The van der Waals surface area contributed by atoms with Gasteiger partial charge in [0.25, 0.3) is 5.91 Å². The van der Waals surface area contributed by atoms with Crippen molar-refractivity contribution in [3.05, 3.63) is 89.0 Å². The van der Waals surface area contributed by atoms with Crippen molar-refractivity contribution < 1.29 is 14.0 Å². The van der Waals surface area contributed by atoms with Gasteiger partial charge in [0.05, 0.1) is 10.7 Å². The maximum atomic E-state index is 13.3. The first-order valence-electron chi connectivity index (χ1n) is 10.2. The van der Waals surface area contributed by atoms with Crippen molar-refractivity contribution in [2.45, 2.75) is 27.2 Å². The molecule has 166 valence electrons. The van der Waals surface area contributed by atoms with Crippen LogP contribution in [-0.4, -0.2) is 23.3 Å². The minimum Gasteiger partial charge on any atom is -0.321 e. The molecule has 0 spiro atoms. The molecule has 3 rings (SSSR count). The largest absolute Gasteiger partial charge is 0.321 e. The number of amides is 2. The number of benzene rings is 2. The molecular weight excluding hydrogens is 429 g/mol. The maximum absolute atomic E-state index is 13.3. The van der Waals surface area contributed by atoms with Crippen molar-refractivity contribution in [3.63, 3.8) is 0 Å². The Morgan fingerprint density at radius 2 is 1.78 bits per heavy atom. The number of hydrogen-bond donors (Lipinski definition) is 1. The number of aromatic nitrogens is 1. The Morgan fingerprint density at radius 3 is 2.41 bits per heavy atom. The van der Waals surface area contributed by atoms with Crippen LogP contribution in [0.15, 0.2) is 66.7 Å². The van der Waals surface area contributed by atoms with Gasteiger partial charge in [-0.1, -0.05) is 61.8 Å². The summed E-state index contributed by atoms with van der Waals surface area (Å²) < 4.78 is 13.3. The fourth-order valence-corrected chi connectivity index (χ4v) is 3.81. The second-order valence-corrected chi connectivity index (χ2v) is 8.80. The van der Waals surface area contributed by atoms with Gasteiger partial charge in [0.2, 0.25) is 11.9 Å². The van der Waals surface area contributed by atoms with E-state index in [1.807, 2.05) is 18.2 Å². The molecule has 1 heterocycles. The molecule has 0 aliphatic heterocycles. The van der Waals surface area contributed by atoms with Gasteiger partial charge in [0.15, 0.2) is 0 Å². The van der Waals surface area contributed by atoms with Crippen LogP contribution in [0.5, 0.6) is 0 Å². The Bertz CT molecular complexity index is 1120. The number of anilines is 2. The van der Waals surface area contributed by atoms with Crippen molar-refractivity contribution in [3.8, 4) is 0 Å². The van der Waals surface area contributed by atoms with E-state index in [4.69, 9.17) is 11.6 Å². The smallest absolute Gasteiger partial charge is 0.274 e. The van der Waals surface area contributed by atoms with E-state index in [0.29, 0.717) is 22.9 Å². The van der Waals surface area contributed by atoms with Gasteiger partial charge in [-0.25, -0.2) is 4.98 Å². The summed E-state index contributed by atoms with van der Waals surface area (Å²) >= 11 is 6.49. The zero-order valence-electron chi connectivity index (χ0n) is 18.2. The quantitative estimate of drug-likeness (QED) is 0.463. The molecule has 0 aliphatic carbocycles. The first-order chi connectivity index (χ1) is 15.1. The lowest BCUT2D eigenvalue weighted by Gasteiger charge is -2.33. The molecular formula is C25H25ClFN3O2. The SMILES string of the molecule is CC(=O)N(CC(C)(C)Cc1ccccc1)c1ccc(NC(=O)c2cccc(F)n2)cc1Cl. The summed E-state index contributed by atoms with van der Waals surface area (Å²) in [5.41, 5.74) is 1.92. The average Bonchev–Trinajstić information content (AvgIpc) is 2.73. The van der Waals surface area contributed by atoms with Crippen molar-refractivity contribution in [2.24, 2.45) is 5.41 Å². The van der Waals surface area contributed by atoms with Crippen LogP contribution in [0, 0.1) is 11.4 Å². The van der Waals surface area contributed by atoms with Gasteiger partial charge in [0.1, 0.15) is 5.69 Å². The second kappa shape index (κ2) is 9.92. The van der Waals surface area contributed by atoms with Crippen LogP contribution in [-0.2, 0) is 11.2 Å². The molecule has 0 radical (unpaired) electrons. The highest BCUT2D eigenvalue weighted by Crippen LogP contribution is 2.33.